The number of para-hydroxylation sites is 1. The Kier molecular flexibility index (Phi) is 4.96. The van der Waals surface area contributed by atoms with Gasteiger partial charge in [-0.2, -0.15) is 0 Å². The van der Waals surface area contributed by atoms with Gasteiger partial charge in [0.1, 0.15) is 15.6 Å². The van der Waals surface area contributed by atoms with E-state index in [1.165, 1.54) is 16.8 Å². The number of carboxylic acid groups (broad SMARTS) is 1. The minimum absolute atomic E-state index is 0.118. The largest absolute Gasteiger partial charge is 0.477 e. The SMILES string of the molecule is Cc1nc(-c2ccc(Oc3c(F)cccc3F)c(-c3nnnn3C)c2)sc1C(=O)O. The van der Waals surface area contributed by atoms with Crippen LogP contribution in [0, 0.1) is 18.6 Å². The lowest BCUT2D eigenvalue weighted by atomic mass is 10.1. The minimum atomic E-state index is -1.07. The van der Waals surface area contributed by atoms with E-state index in [-0.39, 0.29) is 16.5 Å². The van der Waals surface area contributed by atoms with Gasteiger partial charge < -0.3 is 9.84 Å². The second-order valence-corrected chi connectivity index (χ2v) is 7.23. The molecule has 0 aliphatic rings. The molecule has 0 radical (unpaired) electrons. The Morgan fingerprint density at radius 1 is 1.20 bits per heavy atom. The average molecular weight is 429 g/mol. The molecule has 0 fully saturated rings. The third kappa shape index (κ3) is 3.50. The molecule has 2 aromatic heterocycles. The van der Waals surface area contributed by atoms with Crippen molar-refractivity contribution in [2.24, 2.45) is 7.05 Å². The summed E-state index contributed by atoms with van der Waals surface area (Å²) in [5, 5.41) is 21.1. The van der Waals surface area contributed by atoms with Crippen molar-refractivity contribution in [3.8, 4) is 33.5 Å². The number of ether oxygens (including phenoxy) is 1. The molecule has 0 amide bonds. The monoisotopic (exact) mass is 429 g/mol. The molecule has 4 rings (SSSR count). The number of tetrazole rings is 1. The van der Waals surface area contributed by atoms with E-state index < -0.39 is 23.4 Å². The Balaban J connectivity index is 1.85. The Morgan fingerprint density at radius 3 is 2.53 bits per heavy atom. The van der Waals surface area contributed by atoms with Crippen molar-refractivity contribution in [1.82, 2.24) is 25.2 Å². The molecule has 30 heavy (non-hydrogen) atoms. The van der Waals surface area contributed by atoms with Crippen LogP contribution >= 0.6 is 11.3 Å². The number of carboxylic acids is 1. The van der Waals surface area contributed by atoms with Crippen LogP contribution in [-0.4, -0.2) is 36.3 Å². The second-order valence-electron chi connectivity index (χ2n) is 6.23. The van der Waals surface area contributed by atoms with Crippen molar-refractivity contribution in [3.63, 3.8) is 0 Å². The van der Waals surface area contributed by atoms with Gasteiger partial charge in [-0.05, 0) is 47.7 Å². The summed E-state index contributed by atoms with van der Waals surface area (Å²) in [5.41, 5.74) is 1.32. The van der Waals surface area contributed by atoms with Gasteiger partial charge in [0.25, 0.3) is 0 Å². The first-order valence-corrected chi connectivity index (χ1v) is 9.36. The fourth-order valence-electron chi connectivity index (χ4n) is 2.79. The first-order valence-electron chi connectivity index (χ1n) is 8.55. The fourth-order valence-corrected chi connectivity index (χ4v) is 3.69. The zero-order chi connectivity index (χ0) is 21.4. The number of carbonyl (C=O) groups is 1. The summed E-state index contributed by atoms with van der Waals surface area (Å²) in [6.45, 7) is 1.61. The Labute approximate surface area is 172 Å². The standard InChI is InChI=1S/C19H13F2N5O3S/c1-9-16(19(27)28)30-18(22-9)10-6-7-14(11(8-10)17-23-24-25-26(17)2)29-15-12(20)4-3-5-13(15)21/h3-8H,1-2H3,(H,27,28). The first kappa shape index (κ1) is 19.6. The molecule has 0 spiro atoms. The minimum Gasteiger partial charge on any atom is -0.477 e. The number of halogens is 2. The smallest absolute Gasteiger partial charge is 0.347 e. The van der Waals surface area contributed by atoms with Crippen LogP contribution < -0.4 is 4.74 Å². The summed E-state index contributed by atoms with van der Waals surface area (Å²) in [6, 6.07) is 8.15. The van der Waals surface area contributed by atoms with Crippen LogP contribution in [-0.2, 0) is 7.05 Å². The molecule has 4 aromatic rings. The summed E-state index contributed by atoms with van der Waals surface area (Å²) in [6.07, 6.45) is 0. The number of aromatic nitrogens is 5. The molecule has 0 bridgehead atoms. The molecule has 11 heteroatoms. The number of rotatable bonds is 5. The van der Waals surface area contributed by atoms with Gasteiger partial charge in [0, 0.05) is 12.6 Å². The summed E-state index contributed by atoms with van der Waals surface area (Å²) < 4.78 is 35.1. The van der Waals surface area contributed by atoms with Crippen molar-refractivity contribution in [3.05, 3.63) is 58.6 Å². The van der Waals surface area contributed by atoms with Crippen molar-refractivity contribution >= 4 is 17.3 Å². The number of thiazole rings is 1. The maximum Gasteiger partial charge on any atom is 0.347 e. The lowest BCUT2D eigenvalue weighted by Gasteiger charge is -2.12. The van der Waals surface area contributed by atoms with Gasteiger partial charge >= 0.3 is 5.97 Å². The topological polar surface area (TPSA) is 103 Å². The van der Waals surface area contributed by atoms with Gasteiger partial charge in [0.05, 0.1) is 11.3 Å². The molecule has 2 heterocycles. The highest BCUT2D eigenvalue weighted by molar-refractivity contribution is 7.17. The second kappa shape index (κ2) is 7.59. The van der Waals surface area contributed by atoms with Crippen LogP contribution in [0.2, 0.25) is 0 Å². The number of nitrogens with zero attached hydrogens (tertiary/aromatic N) is 5. The van der Waals surface area contributed by atoms with Crippen LogP contribution in [0.15, 0.2) is 36.4 Å². The fraction of sp³-hybridized carbons (Fsp3) is 0.105. The van der Waals surface area contributed by atoms with Crippen molar-refractivity contribution in [2.45, 2.75) is 6.92 Å². The maximum absolute atomic E-state index is 14.1. The van der Waals surface area contributed by atoms with E-state index in [1.807, 2.05) is 0 Å². The predicted octanol–water partition coefficient (Wildman–Crippen LogP) is 4.08. The highest BCUT2D eigenvalue weighted by Gasteiger charge is 2.20. The molecule has 0 aliphatic heterocycles. The molecule has 0 atom stereocenters. The summed E-state index contributed by atoms with van der Waals surface area (Å²) in [7, 11) is 1.60. The summed E-state index contributed by atoms with van der Waals surface area (Å²) >= 11 is 1.02. The summed E-state index contributed by atoms with van der Waals surface area (Å²) in [5.74, 6) is -2.93. The molecule has 2 aromatic carbocycles. The van der Waals surface area contributed by atoms with Crippen LogP contribution in [0.4, 0.5) is 8.78 Å². The molecule has 8 nitrogen and oxygen atoms in total. The number of hydrogen-bond acceptors (Lipinski definition) is 7. The predicted molar refractivity (Wildman–Crippen MR) is 103 cm³/mol. The molecule has 0 aliphatic carbocycles. The van der Waals surface area contributed by atoms with Crippen molar-refractivity contribution in [2.75, 3.05) is 0 Å². The molecule has 0 unspecified atom stereocenters. The van der Waals surface area contributed by atoms with E-state index in [0.717, 1.165) is 23.5 Å². The Bertz CT molecular complexity index is 1250. The van der Waals surface area contributed by atoms with Gasteiger partial charge in [-0.15, -0.1) is 16.4 Å². The quantitative estimate of drug-likeness (QED) is 0.510. The van der Waals surface area contributed by atoms with Crippen LogP contribution in [0.25, 0.3) is 22.0 Å². The number of benzene rings is 2. The van der Waals surface area contributed by atoms with Crippen LogP contribution in [0.3, 0.4) is 0 Å². The highest BCUT2D eigenvalue weighted by Crippen LogP contribution is 2.38. The van der Waals surface area contributed by atoms with E-state index >= 15 is 0 Å². The van der Waals surface area contributed by atoms with Crippen LogP contribution in [0.5, 0.6) is 11.5 Å². The van der Waals surface area contributed by atoms with Crippen molar-refractivity contribution < 1.29 is 23.4 Å². The van der Waals surface area contributed by atoms with E-state index in [9.17, 15) is 18.7 Å². The number of aromatic carboxylic acids is 1. The molecule has 0 saturated carbocycles. The molecule has 0 saturated heterocycles. The van der Waals surface area contributed by atoms with E-state index in [2.05, 4.69) is 20.5 Å². The zero-order valence-corrected chi connectivity index (χ0v) is 16.4. The van der Waals surface area contributed by atoms with Gasteiger partial charge in [-0.3, -0.25) is 0 Å². The van der Waals surface area contributed by atoms with Crippen molar-refractivity contribution in [1.29, 1.82) is 0 Å². The molecular weight excluding hydrogens is 416 g/mol. The first-order chi connectivity index (χ1) is 14.3. The number of hydrogen-bond donors (Lipinski definition) is 1. The van der Waals surface area contributed by atoms with Crippen LogP contribution in [0.1, 0.15) is 15.4 Å². The van der Waals surface area contributed by atoms with Gasteiger partial charge in [0.2, 0.25) is 0 Å². The highest BCUT2D eigenvalue weighted by atomic mass is 32.1. The normalized spacial score (nSPS) is 10.9. The molecular formula is C19H13F2N5O3S. The third-order valence-corrected chi connectivity index (χ3v) is 5.40. The molecule has 152 valence electrons. The molecule has 1 N–H and O–H groups in total. The lowest BCUT2D eigenvalue weighted by molar-refractivity contribution is 0.0701. The average Bonchev–Trinajstić information content (AvgIpc) is 3.30. The van der Waals surface area contributed by atoms with E-state index in [4.69, 9.17) is 4.74 Å². The number of aryl methyl sites for hydroxylation is 2. The van der Waals surface area contributed by atoms with Gasteiger partial charge in [-0.25, -0.2) is 23.2 Å². The summed E-state index contributed by atoms with van der Waals surface area (Å²) in [4.78, 5) is 15.8. The van der Waals surface area contributed by atoms with Gasteiger partial charge in [0.15, 0.2) is 23.2 Å². The Hall–Kier alpha value is -3.73. The maximum atomic E-state index is 14.1. The van der Waals surface area contributed by atoms with E-state index in [1.54, 1.807) is 26.1 Å². The van der Waals surface area contributed by atoms with Gasteiger partial charge in [-0.1, -0.05) is 6.07 Å². The Morgan fingerprint density at radius 2 is 1.93 bits per heavy atom. The lowest BCUT2D eigenvalue weighted by Crippen LogP contribution is -1.99. The van der Waals surface area contributed by atoms with E-state index in [0.29, 0.717) is 21.8 Å². The third-order valence-electron chi connectivity index (χ3n) is 4.21. The zero-order valence-electron chi connectivity index (χ0n) is 15.6.